The predicted molar refractivity (Wildman–Crippen MR) is 87.8 cm³/mol. The first-order chi connectivity index (χ1) is 10.7. The monoisotopic (exact) mass is 299 g/mol. The first kappa shape index (κ1) is 15.3. The molecule has 1 atom stereocenters. The molecule has 2 heterocycles. The van der Waals surface area contributed by atoms with Crippen LogP contribution in [0.4, 0.5) is 0 Å². The molecule has 4 nitrogen and oxygen atoms in total. The summed E-state index contributed by atoms with van der Waals surface area (Å²) in [6.07, 6.45) is 4.50. The van der Waals surface area contributed by atoms with Crippen molar-refractivity contribution in [1.29, 1.82) is 0 Å². The van der Waals surface area contributed by atoms with Crippen molar-refractivity contribution in [3.8, 4) is 0 Å². The lowest BCUT2D eigenvalue weighted by atomic mass is 10.1. The van der Waals surface area contributed by atoms with Gasteiger partial charge < -0.3 is 9.30 Å². The zero-order valence-electron chi connectivity index (χ0n) is 13.5. The summed E-state index contributed by atoms with van der Waals surface area (Å²) < 4.78 is 8.02. The summed E-state index contributed by atoms with van der Waals surface area (Å²) in [5, 5.41) is 0. The van der Waals surface area contributed by atoms with E-state index in [-0.39, 0.29) is 6.10 Å². The van der Waals surface area contributed by atoms with Crippen LogP contribution in [0.15, 0.2) is 36.5 Å². The molecule has 0 radical (unpaired) electrons. The lowest BCUT2D eigenvalue weighted by Crippen LogP contribution is -2.39. The van der Waals surface area contributed by atoms with Crippen LogP contribution in [0.1, 0.15) is 29.6 Å². The Kier molecular flexibility index (Phi) is 4.90. The van der Waals surface area contributed by atoms with E-state index in [1.54, 1.807) is 0 Å². The Morgan fingerprint density at radius 2 is 2.09 bits per heavy atom. The first-order valence-electron chi connectivity index (χ1n) is 8.10. The average molecular weight is 299 g/mol. The standard InChI is InChI=1S/C18H25N3O/c1-15-13-20(2)18(19-15)17-14-21(11-12-22-17)10-6-9-16-7-4-3-5-8-16/h3-5,7-8,13,17H,6,9-12,14H2,1-2H3/t17-/m1/s1. The zero-order valence-corrected chi connectivity index (χ0v) is 13.5. The zero-order chi connectivity index (χ0) is 15.4. The number of hydrogen-bond donors (Lipinski definition) is 0. The Hall–Kier alpha value is -1.65. The van der Waals surface area contributed by atoms with E-state index in [9.17, 15) is 0 Å². The van der Waals surface area contributed by atoms with E-state index >= 15 is 0 Å². The third-order valence-corrected chi connectivity index (χ3v) is 4.25. The number of morpholine rings is 1. The molecule has 3 rings (SSSR count). The molecule has 1 aliphatic rings. The Morgan fingerprint density at radius 3 is 2.82 bits per heavy atom. The van der Waals surface area contributed by atoms with Gasteiger partial charge in [0, 0.05) is 26.3 Å². The number of benzene rings is 1. The summed E-state index contributed by atoms with van der Waals surface area (Å²) >= 11 is 0. The Labute approximate surface area is 132 Å². The third kappa shape index (κ3) is 3.76. The van der Waals surface area contributed by atoms with Crippen molar-refractivity contribution in [2.45, 2.75) is 25.9 Å². The van der Waals surface area contributed by atoms with Gasteiger partial charge in [-0.15, -0.1) is 0 Å². The summed E-state index contributed by atoms with van der Waals surface area (Å²) in [5.41, 5.74) is 2.48. The Morgan fingerprint density at radius 1 is 1.27 bits per heavy atom. The SMILES string of the molecule is Cc1cn(C)c([C@H]2CN(CCCc3ccccc3)CCO2)n1. The largest absolute Gasteiger partial charge is 0.368 e. The molecule has 0 spiro atoms. The fourth-order valence-electron chi connectivity index (χ4n) is 3.15. The van der Waals surface area contributed by atoms with E-state index in [1.165, 1.54) is 12.0 Å². The van der Waals surface area contributed by atoms with E-state index in [0.29, 0.717) is 0 Å². The number of hydrogen-bond acceptors (Lipinski definition) is 3. The predicted octanol–water partition coefficient (Wildman–Crippen LogP) is 2.73. The minimum absolute atomic E-state index is 0.101. The van der Waals surface area contributed by atoms with Crippen LogP contribution < -0.4 is 0 Å². The fraction of sp³-hybridized carbons (Fsp3) is 0.500. The van der Waals surface area contributed by atoms with Crippen molar-refractivity contribution < 1.29 is 4.74 Å². The molecule has 22 heavy (non-hydrogen) atoms. The van der Waals surface area contributed by atoms with Gasteiger partial charge >= 0.3 is 0 Å². The van der Waals surface area contributed by atoms with Crippen LogP contribution in [-0.2, 0) is 18.2 Å². The van der Waals surface area contributed by atoms with Crippen LogP contribution in [0, 0.1) is 6.92 Å². The van der Waals surface area contributed by atoms with Gasteiger partial charge in [-0.25, -0.2) is 4.98 Å². The minimum atomic E-state index is 0.101. The van der Waals surface area contributed by atoms with Crippen molar-refractivity contribution in [1.82, 2.24) is 14.5 Å². The van der Waals surface area contributed by atoms with E-state index in [0.717, 1.165) is 44.2 Å². The second-order valence-corrected chi connectivity index (χ2v) is 6.10. The van der Waals surface area contributed by atoms with E-state index in [1.807, 2.05) is 14.0 Å². The second-order valence-electron chi connectivity index (χ2n) is 6.10. The number of aryl methyl sites for hydroxylation is 3. The minimum Gasteiger partial charge on any atom is -0.368 e. The van der Waals surface area contributed by atoms with E-state index < -0.39 is 0 Å². The molecule has 4 heteroatoms. The van der Waals surface area contributed by atoms with Crippen LogP contribution in [0.3, 0.4) is 0 Å². The van der Waals surface area contributed by atoms with Gasteiger partial charge in [0.05, 0.1) is 12.3 Å². The van der Waals surface area contributed by atoms with Gasteiger partial charge in [0.25, 0.3) is 0 Å². The number of ether oxygens (including phenoxy) is 1. The summed E-state index contributed by atoms with van der Waals surface area (Å²) in [4.78, 5) is 7.11. The molecule has 0 saturated carbocycles. The summed E-state index contributed by atoms with van der Waals surface area (Å²) in [5.74, 6) is 1.05. The maximum Gasteiger partial charge on any atom is 0.139 e. The molecule has 0 bridgehead atoms. The second kappa shape index (κ2) is 7.07. The van der Waals surface area contributed by atoms with Crippen molar-refractivity contribution in [3.63, 3.8) is 0 Å². The lowest BCUT2D eigenvalue weighted by Gasteiger charge is -2.32. The molecule has 0 unspecified atom stereocenters. The molecular weight excluding hydrogens is 274 g/mol. The number of imidazole rings is 1. The van der Waals surface area contributed by atoms with Crippen molar-refractivity contribution in [3.05, 3.63) is 53.6 Å². The van der Waals surface area contributed by atoms with Gasteiger partial charge in [-0.1, -0.05) is 30.3 Å². The van der Waals surface area contributed by atoms with E-state index in [2.05, 4.69) is 51.0 Å². The molecule has 1 aromatic heterocycles. The van der Waals surface area contributed by atoms with Crippen molar-refractivity contribution in [2.24, 2.45) is 7.05 Å². The van der Waals surface area contributed by atoms with Gasteiger partial charge in [-0.2, -0.15) is 0 Å². The quantitative estimate of drug-likeness (QED) is 0.850. The Balaban J connectivity index is 1.51. The molecule has 1 aliphatic heterocycles. The maximum absolute atomic E-state index is 5.93. The number of nitrogens with zero attached hydrogens (tertiary/aromatic N) is 3. The normalized spacial score (nSPS) is 19.5. The molecule has 1 saturated heterocycles. The van der Waals surface area contributed by atoms with Crippen molar-refractivity contribution >= 4 is 0 Å². The van der Waals surface area contributed by atoms with Gasteiger partial charge in [0.2, 0.25) is 0 Å². The summed E-state index contributed by atoms with van der Waals surface area (Å²) in [6.45, 7) is 5.91. The lowest BCUT2D eigenvalue weighted by molar-refractivity contribution is -0.0357. The van der Waals surface area contributed by atoms with Gasteiger partial charge in [0.1, 0.15) is 11.9 Å². The summed E-state index contributed by atoms with van der Waals surface area (Å²) in [7, 11) is 2.05. The van der Waals surface area contributed by atoms with Gasteiger partial charge in [-0.3, -0.25) is 4.90 Å². The Bertz CT molecular complexity index is 594. The fourth-order valence-corrected chi connectivity index (χ4v) is 3.15. The summed E-state index contributed by atoms with van der Waals surface area (Å²) in [6, 6.07) is 10.7. The smallest absolute Gasteiger partial charge is 0.139 e. The van der Waals surface area contributed by atoms with Crippen molar-refractivity contribution in [2.75, 3.05) is 26.2 Å². The van der Waals surface area contributed by atoms with Gasteiger partial charge in [-0.05, 0) is 31.9 Å². The molecule has 2 aromatic rings. The maximum atomic E-state index is 5.93. The van der Waals surface area contributed by atoms with Crippen LogP contribution in [-0.4, -0.2) is 40.7 Å². The third-order valence-electron chi connectivity index (χ3n) is 4.25. The first-order valence-corrected chi connectivity index (χ1v) is 8.10. The van der Waals surface area contributed by atoms with Crippen LogP contribution in [0.5, 0.6) is 0 Å². The highest BCUT2D eigenvalue weighted by Crippen LogP contribution is 2.21. The molecule has 118 valence electrons. The molecule has 1 aromatic carbocycles. The van der Waals surface area contributed by atoms with Gasteiger partial charge in [0.15, 0.2) is 0 Å². The van der Waals surface area contributed by atoms with E-state index in [4.69, 9.17) is 4.74 Å². The van der Waals surface area contributed by atoms with Crippen LogP contribution in [0.2, 0.25) is 0 Å². The highest BCUT2D eigenvalue weighted by Gasteiger charge is 2.24. The number of rotatable bonds is 5. The molecule has 0 N–H and O–H groups in total. The average Bonchev–Trinajstić information content (AvgIpc) is 2.87. The molecule has 1 fully saturated rings. The van der Waals surface area contributed by atoms with Crippen LogP contribution >= 0.6 is 0 Å². The highest BCUT2D eigenvalue weighted by molar-refractivity contribution is 5.14. The molecule has 0 amide bonds. The highest BCUT2D eigenvalue weighted by atomic mass is 16.5. The topological polar surface area (TPSA) is 30.3 Å². The van der Waals surface area contributed by atoms with Crippen LogP contribution in [0.25, 0.3) is 0 Å². The molecule has 0 aliphatic carbocycles. The number of aromatic nitrogens is 2. The molecular formula is C18H25N3O.